The number of hydrogen-bond acceptors (Lipinski definition) is 5. The zero-order chi connectivity index (χ0) is 20.9. The van der Waals surface area contributed by atoms with Crippen LogP contribution in [0.4, 0.5) is 4.79 Å². The van der Waals surface area contributed by atoms with E-state index in [0.29, 0.717) is 23.1 Å². The van der Waals surface area contributed by atoms with Gasteiger partial charge in [-0.1, -0.05) is 24.3 Å². The van der Waals surface area contributed by atoms with Gasteiger partial charge in [-0.05, 0) is 52.9 Å². The number of amides is 2. The zero-order valence-corrected chi connectivity index (χ0v) is 15.7. The monoisotopic (exact) mass is 396 g/mol. The lowest BCUT2D eigenvalue weighted by atomic mass is 9.82. The van der Waals surface area contributed by atoms with Crippen molar-refractivity contribution >= 4 is 34.3 Å². The average molecular weight is 396 g/mol. The molecule has 0 spiro atoms. The molecule has 1 saturated heterocycles. The van der Waals surface area contributed by atoms with Crippen LogP contribution in [0.15, 0.2) is 42.1 Å². The molecule has 2 amide bonds. The minimum Gasteiger partial charge on any atom is -0.477 e. The minimum atomic E-state index is -1.19. The van der Waals surface area contributed by atoms with Gasteiger partial charge in [-0.15, -0.1) is 0 Å². The number of aliphatic hydroxyl groups is 1. The largest absolute Gasteiger partial charge is 0.477 e. The van der Waals surface area contributed by atoms with Gasteiger partial charge in [0.15, 0.2) is 0 Å². The molecule has 0 unspecified atom stereocenters. The van der Waals surface area contributed by atoms with Crippen LogP contribution in [0.2, 0.25) is 0 Å². The molecule has 0 aromatic heterocycles. The number of β-lactam (4-membered cyclic amide) rings is 1. The third-order valence-corrected chi connectivity index (χ3v) is 5.60. The summed E-state index contributed by atoms with van der Waals surface area (Å²) < 4.78 is 4.96. The molecule has 150 valence electrons. The molecule has 4 rings (SSSR count). The van der Waals surface area contributed by atoms with E-state index in [0.717, 1.165) is 10.8 Å². The van der Waals surface area contributed by atoms with E-state index in [9.17, 15) is 24.6 Å². The number of fused-ring (bicyclic) bond motifs is 2. The lowest BCUT2D eigenvalue weighted by molar-refractivity contribution is -0.161. The molecule has 4 N–H and O–H groups in total. The Hall–Kier alpha value is -3.39. The number of carboxylic acid groups (broad SMARTS) is 1. The number of primary amides is 1. The SMILES string of the molecule is C[C@@H](O)[C@H]1C(=O)N2C(C(=O)O)=C(c3cc(COC(N)=O)c4ccccc4c3)C[C@H]12. The van der Waals surface area contributed by atoms with Crippen LogP contribution >= 0.6 is 0 Å². The molecular weight excluding hydrogens is 376 g/mol. The first-order chi connectivity index (χ1) is 13.8. The van der Waals surface area contributed by atoms with E-state index >= 15 is 0 Å². The number of ether oxygens (including phenoxy) is 1. The molecular formula is C21H20N2O6. The van der Waals surface area contributed by atoms with Gasteiger partial charge >= 0.3 is 12.1 Å². The maximum Gasteiger partial charge on any atom is 0.404 e. The molecule has 1 fully saturated rings. The first kappa shape index (κ1) is 18.9. The third-order valence-electron chi connectivity index (χ3n) is 5.60. The number of benzene rings is 2. The van der Waals surface area contributed by atoms with Crippen molar-refractivity contribution in [2.45, 2.75) is 32.1 Å². The second-order valence-electron chi connectivity index (χ2n) is 7.34. The lowest BCUT2D eigenvalue weighted by Crippen LogP contribution is -2.61. The molecule has 3 atom stereocenters. The van der Waals surface area contributed by atoms with E-state index in [4.69, 9.17) is 10.5 Å². The summed E-state index contributed by atoms with van der Waals surface area (Å²) in [5, 5.41) is 21.4. The van der Waals surface area contributed by atoms with Crippen molar-refractivity contribution in [1.29, 1.82) is 0 Å². The molecule has 2 aliphatic heterocycles. The molecule has 0 saturated carbocycles. The number of nitrogens with two attached hydrogens (primary N) is 1. The summed E-state index contributed by atoms with van der Waals surface area (Å²) >= 11 is 0. The Morgan fingerprint density at radius 3 is 2.69 bits per heavy atom. The summed E-state index contributed by atoms with van der Waals surface area (Å²) in [7, 11) is 0. The highest BCUT2D eigenvalue weighted by atomic mass is 16.5. The number of carbonyl (C=O) groups excluding carboxylic acids is 2. The Morgan fingerprint density at radius 1 is 1.31 bits per heavy atom. The fraction of sp³-hybridized carbons (Fsp3) is 0.286. The van der Waals surface area contributed by atoms with Gasteiger partial charge < -0.3 is 25.6 Å². The first-order valence-electron chi connectivity index (χ1n) is 9.21. The summed E-state index contributed by atoms with van der Waals surface area (Å²) in [5.41, 5.74) is 6.87. The summed E-state index contributed by atoms with van der Waals surface area (Å²) in [6.45, 7) is 1.48. The van der Waals surface area contributed by atoms with Gasteiger partial charge in [0.1, 0.15) is 12.3 Å². The highest BCUT2D eigenvalue weighted by Crippen LogP contribution is 2.47. The van der Waals surface area contributed by atoms with E-state index in [2.05, 4.69) is 0 Å². The lowest BCUT2D eigenvalue weighted by Gasteiger charge is -2.44. The van der Waals surface area contributed by atoms with E-state index in [1.165, 1.54) is 11.8 Å². The van der Waals surface area contributed by atoms with Gasteiger partial charge in [0.05, 0.1) is 18.1 Å². The van der Waals surface area contributed by atoms with Crippen LogP contribution in [-0.2, 0) is 20.9 Å². The van der Waals surface area contributed by atoms with Crippen LogP contribution in [0.25, 0.3) is 16.3 Å². The Bertz CT molecular complexity index is 1070. The number of aliphatic hydroxyl groups excluding tert-OH is 1. The van der Waals surface area contributed by atoms with Crippen LogP contribution in [0.5, 0.6) is 0 Å². The van der Waals surface area contributed by atoms with Gasteiger partial charge in [-0.2, -0.15) is 0 Å². The van der Waals surface area contributed by atoms with Crippen LogP contribution in [0.3, 0.4) is 0 Å². The van der Waals surface area contributed by atoms with Gasteiger partial charge in [0, 0.05) is 0 Å². The normalized spacial score (nSPS) is 21.7. The molecule has 2 heterocycles. The summed E-state index contributed by atoms with van der Waals surface area (Å²) in [6, 6.07) is 10.7. The molecule has 2 aromatic carbocycles. The highest BCUT2D eigenvalue weighted by molar-refractivity contribution is 6.06. The van der Waals surface area contributed by atoms with Crippen LogP contribution in [-0.4, -0.2) is 45.2 Å². The molecule has 2 aromatic rings. The van der Waals surface area contributed by atoms with Gasteiger partial charge in [0.25, 0.3) is 0 Å². The minimum absolute atomic E-state index is 0.0538. The van der Waals surface area contributed by atoms with Crippen molar-refractivity contribution in [2.24, 2.45) is 11.7 Å². The Morgan fingerprint density at radius 2 is 2.03 bits per heavy atom. The van der Waals surface area contributed by atoms with Crippen LogP contribution < -0.4 is 5.73 Å². The summed E-state index contributed by atoms with van der Waals surface area (Å²) in [5.74, 6) is -2.18. The van der Waals surface area contributed by atoms with Crippen molar-refractivity contribution in [3.63, 3.8) is 0 Å². The van der Waals surface area contributed by atoms with Crippen LogP contribution in [0, 0.1) is 5.92 Å². The van der Waals surface area contributed by atoms with E-state index in [-0.39, 0.29) is 24.3 Å². The number of rotatable bonds is 5. The second-order valence-corrected chi connectivity index (χ2v) is 7.34. The molecule has 29 heavy (non-hydrogen) atoms. The topological polar surface area (TPSA) is 130 Å². The van der Waals surface area contributed by atoms with Crippen molar-refractivity contribution in [3.05, 3.63) is 53.2 Å². The second kappa shape index (κ2) is 6.89. The third kappa shape index (κ3) is 3.01. The van der Waals surface area contributed by atoms with E-state index < -0.39 is 24.1 Å². The predicted molar refractivity (Wildman–Crippen MR) is 103 cm³/mol. The first-order valence-corrected chi connectivity index (χ1v) is 9.21. The van der Waals surface area contributed by atoms with Crippen molar-refractivity contribution < 1.29 is 29.3 Å². The number of carboxylic acids is 1. The van der Waals surface area contributed by atoms with Crippen molar-refractivity contribution in [1.82, 2.24) is 4.90 Å². The van der Waals surface area contributed by atoms with Gasteiger partial charge in [0.2, 0.25) is 5.91 Å². The maximum absolute atomic E-state index is 12.4. The number of nitrogens with zero attached hydrogens (tertiary/aromatic N) is 1. The van der Waals surface area contributed by atoms with Gasteiger partial charge in [-0.3, -0.25) is 4.79 Å². The van der Waals surface area contributed by atoms with E-state index in [1.54, 1.807) is 6.07 Å². The highest BCUT2D eigenvalue weighted by Gasteiger charge is 2.56. The standard InChI is InChI=1S/C21H20N2O6/c1-10(24)17-16-8-15(18(20(26)27)23(16)19(17)25)12-6-11-4-2-3-5-14(11)13(7-12)9-29-21(22)28/h2-7,10,16-17,24H,8-9H2,1H3,(H2,22,28)(H,26,27)/t10-,16-,17-/m1/s1. The molecule has 8 heteroatoms. The number of carbonyl (C=O) groups is 3. The molecule has 0 radical (unpaired) electrons. The zero-order valence-electron chi connectivity index (χ0n) is 15.7. The Kier molecular flexibility index (Phi) is 4.50. The average Bonchev–Trinajstić information content (AvgIpc) is 3.00. The van der Waals surface area contributed by atoms with E-state index in [1.807, 2.05) is 30.3 Å². The van der Waals surface area contributed by atoms with Crippen molar-refractivity contribution in [2.75, 3.05) is 0 Å². The Labute approximate surface area is 166 Å². The fourth-order valence-electron chi connectivity index (χ4n) is 4.36. The molecule has 8 nitrogen and oxygen atoms in total. The Balaban J connectivity index is 1.82. The summed E-state index contributed by atoms with van der Waals surface area (Å²) in [6.07, 6.45) is -1.42. The molecule has 0 aliphatic carbocycles. The number of aliphatic carboxylic acids is 1. The molecule has 2 aliphatic rings. The van der Waals surface area contributed by atoms with Gasteiger partial charge in [-0.25, -0.2) is 9.59 Å². The maximum atomic E-state index is 12.4. The fourth-order valence-corrected chi connectivity index (χ4v) is 4.36. The van der Waals surface area contributed by atoms with Crippen LogP contribution in [0.1, 0.15) is 24.5 Å². The quantitative estimate of drug-likeness (QED) is 0.661. The number of hydrogen-bond donors (Lipinski definition) is 3. The van der Waals surface area contributed by atoms with Crippen molar-refractivity contribution in [3.8, 4) is 0 Å². The summed E-state index contributed by atoms with van der Waals surface area (Å²) in [4.78, 5) is 36.7. The molecule has 0 bridgehead atoms. The smallest absolute Gasteiger partial charge is 0.404 e. The predicted octanol–water partition coefficient (Wildman–Crippen LogP) is 1.84.